The lowest BCUT2D eigenvalue weighted by molar-refractivity contribution is -0.119. The smallest absolute Gasteiger partial charge is 0.269 e. The van der Waals surface area contributed by atoms with Gasteiger partial charge in [0.2, 0.25) is 5.91 Å². The van der Waals surface area contributed by atoms with E-state index < -0.39 is 5.91 Å². The number of fused-ring (bicyclic) bond motifs is 2. The fourth-order valence-corrected chi connectivity index (χ4v) is 4.12. The number of amides is 2. The van der Waals surface area contributed by atoms with Gasteiger partial charge in [0, 0.05) is 17.0 Å². The molecule has 1 aliphatic heterocycles. The van der Waals surface area contributed by atoms with E-state index in [0.29, 0.717) is 30.3 Å². The van der Waals surface area contributed by atoms with Crippen molar-refractivity contribution in [2.45, 2.75) is 18.4 Å². The second-order valence-electron chi connectivity index (χ2n) is 7.01. The number of aromatic nitrogens is 1. The van der Waals surface area contributed by atoms with Gasteiger partial charge in [-0.3, -0.25) is 20.4 Å². The highest BCUT2D eigenvalue weighted by molar-refractivity contribution is 7.99. The van der Waals surface area contributed by atoms with Gasteiger partial charge in [-0.15, -0.1) is 0 Å². The predicted molar refractivity (Wildman–Crippen MR) is 121 cm³/mol. The third-order valence-electron chi connectivity index (χ3n) is 4.91. The highest BCUT2D eigenvalue weighted by atomic mass is 32.2. The number of benzene rings is 2. The molecule has 2 heterocycles. The summed E-state index contributed by atoms with van der Waals surface area (Å²) in [7, 11) is 1.55. The van der Waals surface area contributed by atoms with Crippen LogP contribution in [-0.2, 0) is 11.2 Å². The highest BCUT2D eigenvalue weighted by Gasteiger charge is 2.16. The molecule has 0 saturated heterocycles. The van der Waals surface area contributed by atoms with E-state index in [2.05, 4.69) is 16.9 Å². The average molecular weight is 454 g/mol. The Labute approximate surface area is 189 Å². The summed E-state index contributed by atoms with van der Waals surface area (Å²) >= 11 is 1.32. The minimum absolute atomic E-state index is 0.110. The van der Waals surface area contributed by atoms with Crippen LogP contribution in [0, 0.1) is 0 Å². The molecule has 0 fully saturated rings. The lowest BCUT2D eigenvalue weighted by Crippen LogP contribution is -2.42. The van der Waals surface area contributed by atoms with E-state index in [1.807, 2.05) is 19.1 Å². The fourth-order valence-electron chi connectivity index (χ4n) is 3.23. The second kappa shape index (κ2) is 9.78. The van der Waals surface area contributed by atoms with Crippen molar-refractivity contribution in [3.63, 3.8) is 0 Å². The molecule has 4 rings (SSSR count). The Morgan fingerprint density at radius 3 is 2.47 bits per heavy atom. The first-order chi connectivity index (χ1) is 15.6. The van der Waals surface area contributed by atoms with Crippen LogP contribution in [-0.4, -0.2) is 42.9 Å². The van der Waals surface area contributed by atoms with Crippen LogP contribution in [0.25, 0.3) is 10.9 Å². The van der Waals surface area contributed by atoms with E-state index in [1.54, 1.807) is 31.4 Å². The van der Waals surface area contributed by atoms with Crippen molar-refractivity contribution in [2.24, 2.45) is 0 Å². The van der Waals surface area contributed by atoms with Gasteiger partial charge in [-0.1, -0.05) is 18.7 Å². The van der Waals surface area contributed by atoms with Gasteiger partial charge in [-0.2, -0.15) is 0 Å². The first-order valence-electron chi connectivity index (χ1n) is 10.2. The highest BCUT2D eigenvalue weighted by Crippen LogP contribution is 2.35. The summed E-state index contributed by atoms with van der Waals surface area (Å²) in [5.74, 6) is 1.42. The summed E-state index contributed by atoms with van der Waals surface area (Å²) in [4.78, 5) is 29.2. The molecule has 9 heteroatoms. The van der Waals surface area contributed by atoms with Crippen molar-refractivity contribution in [3.8, 4) is 17.2 Å². The molecule has 8 nitrogen and oxygen atoms in total. The number of hydrazine groups is 1. The van der Waals surface area contributed by atoms with Crippen LogP contribution in [0.4, 0.5) is 0 Å². The molecule has 2 N–H and O–H groups in total. The Kier molecular flexibility index (Phi) is 6.65. The third kappa shape index (κ3) is 4.88. The van der Waals surface area contributed by atoms with Crippen molar-refractivity contribution in [1.82, 2.24) is 15.8 Å². The van der Waals surface area contributed by atoms with Crippen LogP contribution < -0.4 is 25.1 Å². The Morgan fingerprint density at radius 1 is 1.06 bits per heavy atom. The van der Waals surface area contributed by atoms with Gasteiger partial charge < -0.3 is 14.2 Å². The molecule has 0 bridgehead atoms. The van der Waals surface area contributed by atoms with Gasteiger partial charge in [-0.05, 0) is 48.4 Å². The zero-order valence-corrected chi connectivity index (χ0v) is 18.6. The van der Waals surface area contributed by atoms with E-state index in [9.17, 15) is 9.59 Å². The Hall–Kier alpha value is -3.46. The van der Waals surface area contributed by atoms with Crippen molar-refractivity contribution in [1.29, 1.82) is 0 Å². The van der Waals surface area contributed by atoms with E-state index in [1.165, 1.54) is 11.8 Å². The maximum Gasteiger partial charge on any atom is 0.269 e. The van der Waals surface area contributed by atoms with E-state index in [4.69, 9.17) is 19.2 Å². The normalized spacial score (nSPS) is 12.3. The topological polar surface area (TPSA) is 98.8 Å². The quantitative estimate of drug-likeness (QED) is 0.437. The van der Waals surface area contributed by atoms with Crippen LogP contribution >= 0.6 is 11.8 Å². The molecule has 1 aromatic heterocycles. The molecule has 0 unspecified atom stereocenters. The first kappa shape index (κ1) is 21.8. The van der Waals surface area contributed by atoms with E-state index in [-0.39, 0.29) is 11.7 Å². The lowest BCUT2D eigenvalue weighted by atomic mass is 10.1. The number of methoxy groups -OCH3 is 1. The largest absolute Gasteiger partial charge is 0.497 e. The molecule has 0 saturated carbocycles. The molecule has 0 aliphatic carbocycles. The van der Waals surface area contributed by atoms with Crippen LogP contribution in [0.15, 0.2) is 47.5 Å². The SMILES string of the molecule is CCc1cc2cc3c(cc2nc1SCC(=O)NNC(=O)c1ccc(OC)cc1)OCCO3. The molecule has 2 aromatic carbocycles. The number of thioether (sulfide) groups is 1. The molecular weight excluding hydrogens is 430 g/mol. The van der Waals surface area contributed by atoms with Gasteiger partial charge in [0.1, 0.15) is 24.0 Å². The molecule has 0 radical (unpaired) electrons. The molecule has 3 aromatic rings. The van der Waals surface area contributed by atoms with Crippen LogP contribution in [0.5, 0.6) is 17.2 Å². The summed E-state index contributed by atoms with van der Waals surface area (Å²) in [5, 5.41) is 1.74. The predicted octanol–water partition coefficient (Wildman–Crippen LogP) is 3.13. The number of carbonyl (C=O) groups excluding carboxylic acids is 2. The fraction of sp³-hybridized carbons (Fsp3) is 0.261. The maximum absolute atomic E-state index is 12.3. The number of carbonyl (C=O) groups is 2. The van der Waals surface area contributed by atoms with Gasteiger partial charge >= 0.3 is 0 Å². The van der Waals surface area contributed by atoms with Crippen molar-refractivity contribution in [3.05, 3.63) is 53.6 Å². The molecule has 32 heavy (non-hydrogen) atoms. The number of hydrogen-bond acceptors (Lipinski definition) is 7. The first-order valence-corrected chi connectivity index (χ1v) is 11.1. The standard InChI is InChI=1S/C23H23N3O5S/c1-3-14-10-16-11-19-20(31-9-8-30-19)12-18(16)24-23(14)32-13-21(27)25-26-22(28)15-4-6-17(29-2)7-5-15/h4-7,10-12H,3,8-9,13H2,1-2H3,(H,25,27)(H,26,28). The number of aryl methyl sites for hydroxylation is 1. The summed E-state index contributed by atoms with van der Waals surface area (Å²) in [6.07, 6.45) is 0.773. The van der Waals surface area contributed by atoms with Crippen molar-refractivity contribution < 1.29 is 23.8 Å². The Bertz CT molecular complexity index is 1150. The van der Waals surface area contributed by atoms with E-state index >= 15 is 0 Å². The monoisotopic (exact) mass is 453 g/mol. The molecule has 166 valence electrons. The second-order valence-corrected chi connectivity index (χ2v) is 7.98. The molecule has 2 amide bonds. The Balaban J connectivity index is 1.39. The maximum atomic E-state index is 12.3. The van der Waals surface area contributed by atoms with Crippen LogP contribution in [0.3, 0.4) is 0 Å². The number of pyridine rings is 1. The minimum Gasteiger partial charge on any atom is -0.497 e. The zero-order valence-electron chi connectivity index (χ0n) is 17.8. The third-order valence-corrected chi connectivity index (χ3v) is 5.94. The average Bonchev–Trinajstić information content (AvgIpc) is 2.84. The van der Waals surface area contributed by atoms with Gasteiger partial charge in [0.15, 0.2) is 11.5 Å². The van der Waals surface area contributed by atoms with Crippen molar-refractivity contribution >= 4 is 34.5 Å². The lowest BCUT2D eigenvalue weighted by Gasteiger charge is -2.19. The van der Waals surface area contributed by atoms with Gasteiger partial charge in [-0.25, -0.2) is 4.98 Å². The zero-order chi connectivity index (χ0) is 22.5. The molecule has 0 atom stereocenters. The summed E-state index contributed by atoms with van der Waals surface area (Å²) in [6, 6.07) is 12.5. The number of rotatable bonds is 6. The number of nitrogens with one attached hydrogen (secondary N) is 2. The number of hydrogen-bond donors (Lipinski definition) is 2. The van der Waals surface area contributed by atoms with Gasteiger partial charge in [0.05, 0.1) is 18.4 Å². The van der Waals surface area contributed by atoms with Crippen LogP contribution in [0.1, 0.15) is 22.8 Å². The van der Waals surface area contributed by atoms with E-state index in [0.717, 1.165) is 33.7 Å². The number of ether oxygens (including phenoxy) is 3. The Morgan fingerprint density at radius 2 is 1.78 bits per heavy atom. The summed E-state index contributed by atoms with van der Waals surface area (Å²) in [6.45, 7) is 3.08. The minimum atomic E-state index is -0.406. The van der Waals surface area contributed by atoms with Crippen molar-refractivity contribution in [2.75, 3.05) is 26.1 Å². The van der Waals surface area contributed by atoms with Crippen LogP contribution in [0.2, 0.25) is 0 Å². The summed E-state index contributed by atoms with van der Waals surface area (Å²) in [5.41, 5.74) is 7.09. The number of nitrogens with zero attached hydrogens (tertiary/aromatic N) is 1. The van der Waals surface area contributed by atoms with Gasteiger partial charge in [0.25, 0.3) is 5.91 Å². The molecule has 1 aliphatic rings. The summed E-state index contributed by atoms with van der Waals surface area (Å²) < 4.78 is 16.4. The molecular formula is C23H23N3O5S. The molecule has 0 spiro atoms.